The zero-order valence-corrected chi connectivity index (χ0v) is 9.71. The second-order valence-electron chi connectivity index (χ2n) is 3.29. The first-order valence-corrected chi connectivity index (χ1v) is 4.67. The van der Waals surface area contributed by atoms with E-state index in [1.165, 1.54) is 14.2 Å². The molecule has 82 valence electrons. The lowest BCUT2D eigenvalue weighted by Gasteiger charge is -2.15. The van der Waals surface area contributed by atoms with Gasteiger partial charge in [0.25, 0.3) is 0 Å². The molecule has 1 aromatic rings. The molecule has 0 saturated carbocycles. The number of methoxy groups -OCH3 is 2. The third-order valence-electron chi connectivity index (χ3n) is 2.52. The van der Waals surface area contributed by atoms with Crippen LogP contribution in [0.15, 0.2) is 0 Å². The highest BCUT2D eigenvalue weighted by Gasteiger charge is 2.20. The van der Waals surface area contributed by atoms with Crippen molar-refractivity contribution in [3.8, 4) is 23.6 Å². The molecule has 0 bridgehead atoms. The molecular formula is C12H12N2O2. The summed E-state index contributed by atoms with van der Waals surface area (Å²) in [6.45, 7) is 3.47. The zero-order chi connectivity index (χ0) is 12.3. The standard InChI is InChI=1S/C12H12N2O2/c1-7-9(5-13)10(6-14)8(2)12(16-4)11(7)15-3/h1-4H3. The summed E-state index contributed by atoms with van der Waals surface area (Å²) < 4.78 is 10.4. The van der Waals surface area contributed by atoms with Crippen LogP contribution in [0.3, 0.4) is 0 Å². The van der Waals surface area contributed by atoms with Crippen molar-refractivity contribution in [3.05, 3.63) is 22.3 Å². The molecule has 4 heteroatoms. The number of hydrogen-bond donors (Lipinski definition) is 0. The van der Waals surface area contributed by atoms with Crippen molar-refractivity contribution < 1.29 is 9.47 Å². The molecule has 4 nitrogen and oxygen atoms in total. The minimum absolute atomic E-state index is 0.345. The van der Waals surface area contributed by atoms with Crippen LogP contribution in [0, 0.1) is 36.5 Å². The van der Waals surface area contributed by atoms with E-state index in [0.717, 1.165) is 0 Å². The summed E-state index contributed by atoms with van der Waals surface area (Å²) in [5, 5.41) is 18.1. The van der Waals surface area contributed by atoms with Crippen LogP contribution in [-0.4, -0.2) is 14.2 Å². The summed E-state index contributed by atoms with van der Waals surface area (Å²) in [5.41, 5.74) is 1.95. The maximum atomic E-state index is 9.04. The van der Waals surface area contributed by atoms with Crippen LogP contribution in [0.5, 0.6) is 11.5 Å². The lowest BCUT2D eigenvalue weighted by Crippen LogP contribution is -2.02. The number of nitriles is 2. The van der Waals surface area contributed by atoms with Gasteiger partial charge in [-0.2, -0.15) is 10.5 Å². The zero-order valence-electron chi connectivity index (χ0n) is 9.71. The van der Waals surface area contributed by atoms with Crippen LogP contribution in [0.2, 0.25) is 0 Å². The van der Waals surface area contributed by atoms with Crippen LogP contribution >= 0.6 is 0 Å². The first kappa shape index (κ1) is 11.9. The molecule has 0 unspecified atom stereocenters. The van der Waals surface area contributed by atoms with E-state index in [0.29, 0.717) is 33.8 Å². The van der Waals surface area contributed by atoms with E-state index in [2.05, 4.69) is 0 Å². The van der Waals surface area contributed by atoms with Crippen molar-refractivity contribution in [1.29, 1.82) is 10.5 Å². The van der Waals surface area contributed by atoms with Crippen LogP contribution in [0.4, 0.5) is 0 Å². The number of benzene rings is 1. The average molecular weight is 216 g/mol. The second kappa shape index (κ2) is 4.55. The molecule has 0 amide bonds. The quantitative estimate of drug-likeness (QED) is 0.758. The Kier molecular flexibility index (Phi) is 3.37. The Morgan fingerprint density at radius 2 is 1.12 bits per heavy atom. The highest BCUT2D eigenvalue weighted by atomic mass is 16.5. The molecule has 0 aliphatic carbocycles. The fraction of sp³-hybridized carbons (Fsp3) is 0.333. The monoisotopic (exact) mass is 216 g/mol. The number of rotatable bonds is 2. The Labute approximate surface area is 94.6 Å². The molecule has 0 heterocycles. The van der Waals surface area contributed by atoms with Crippen LogP contribution in [0.1, 0.15) is 22.3 Å². The maximum absolute atomic E-state index is 9.04. The van der Waals surface area contributed by atoms with Crippen molar-refractivity contribution in [1.82, 2.24) is 0 Å². The highest BCUT2D eigenvalue weighted by molar-refractivity contribution is 5.66. The third-order valence-corrected chi connectivity index (χ3v) is 2.52. The summed E-state index contributed by atoms with van der Waals surface area (Å²) in [6.07, 6.45) is 0. The van der Waals surface area contributed by atoms with Crippen molar-refractivity contribution in [2.45, 2.75) is 13.8 Å². The van der Waals surface area contributed by atoms with Crippen molar-refractivity contribution in [3.63, 3.8) is 0 Å². The molecule has 1 rings (SSSR count). The average Bonchev–Trinajstić information content (AvgIpc) is 2.30. The predicted octanol–water partition coefficient (Wildman–Crippen LogP) is 2.06. The topological polar surface area (TPSA) is 66.0 Å². The minimum Gasteiger partial charge on any atom is -0.493 e. The van der Waals surface area contributed by atoms with Gasteiger partial charge in [0, 0.05) is 11.1 Å². The molecule has 0 N–H and O–H groups in total. The van der Waals surface area contributed by atoms with Gasteiger partial charge in [-0.25, -0.2) is 0 Å². The highest BCUT2D eigenvalue weighted by Crippen LogP contribution is 2.38. The fourth-order valence-corrected chi connectivity index (χ4v) is 1.71. The van der Waals surface area contributed by atoms with Crippen molar-refractivity contribution in [2.24, 2.45) is 0 Å². The summed E-state index contributed by atoms with van der Waals surface area (Å²) >= 11 is 0. The number of hydrogen-bond acceptors (Lipinski definition) is 4. The van der Waals surface area contributed by atoms with Gasteiger partial charge in [0.05, 0.1) is 25.3 Å². The van der Waals surface area contributed by atoms with Gasteiger partial charge in [-0.15, -0.1) is 0 Å². The Bertz CT molecular complexity index is 453. The molecule has 0 aliphatic rings. The molecule has 0 spiro atoms. The van der Waals surface area contributed by atoms with E-state index in [9.17, 15) is 0 Å². The van der Waals surface area contributed by atoms with E-state index in [1.54, 1.807) is 13.8 Å². The number of ether oxygens (including phenoxy) is 2. The minimum atomic E-state index is 0.345. The molecular weight excluding hydrogens is 204 g/mol. The Morgan fingerprint density at radius 3 is 1.31 bits per heavy atom. The lowest BCUT2D eigenvalue weighted by molar-refractivity contribution is 0.350. The first-order valence-electron chi connectivity index (χ1n) is 4.67. The van der Waals surface area contributed by atoms with Gasteiger partial charge in [0.15, 0.2) is 11.5 Å². The van der Waals surface area contributed by atoms with E-state index < -0.39 is 0 Å². The normalized spacial score (nSPS) is 9.12. The van der Waals surface area contributed by atoms with Gasteiger partial charge in [-0.3, -0.25) is 0 Å². The van der Waals surface area contributed by atoms with Crippen molar-refractivity contribution in [2.75, 3.05) is 14.2 Å². The molecule has 0 fully saturated rings. The Hall–Kier alpha value is -2.20. The van der Waals surface area contributed by atoms with Crippen LogP contribution < -0.4 is 9.47 Å². The van der Waals surface area contributed by atoms with Gasteiger partial charge in [0.1, 0.15) is 12.1 Å². The van der Waals surface area contributed by atoms with Gasteiger partial charge < -0.3 is 9.47 Å². The predicted molar refractivity (Wildman–Crippen MR) is 58.5 cm³/mol. The van der Waals surface area contributed by atoms with Gasteiger partial charge in [-0.1, -0.05) is 0 Å². The molecule has 0 saturated heterocycles. The van der Waals surface area contributed by atoms with Gasteiger partial charge in [0.2, 0.25) is 0 Å². The fourth-order valence-electron chi connectivity index (χ4n) is 1.71. The van der Waals surface area contributed by atoms with Crippen LogP contribution in [-0.2, 0) is 0 Å². The Morgan fingerprint density at radius 1 is 0.812 bits per heavy atom. The molecule has 0 radical (unpaired) electrons. The summed E-state index contributed by atoms with van der Waals surface area (Å²) in [7, 11) is 3.02. The molecule has 16 heavy (non-hydrogen) atoms. The first-order chi connectivity index (χ1) is 7.62. The SMILES string of the molecule is COc1c(C)c(C#N)c(C#N)c(C)c1OC. The number of nitrogens with zero attached hydrogens (tertiary/aromatic N) is 2. The summed E-state index contributed by atoms with van der Waals surface area (Å²) in [5.74, 6) is 1.02. The van der Waals surface area contributed by atoms with E-state index >= 15 is 0 Å². The molecule has 1 aromatic carbocycles. The van der Waals surface area contributed by atoms with Crippen LogP contribution in [0.25, 0.3) is 0 Å². The van der Waals surface area contributed by atoms with E-state index in [4.69, 9.17) is 20.0 Å². The second-order valence-corrected chi connectivity index (χ2v) is 3.29. The molecule has 0 aromatic heterocycles. The van der Waals surface area contributed by atoms with Gasteiger partial charge >= 0.3 is 0 Å². The van der Waals surface area contributed by atoms with Gasteiger partial charge in [-0.05, 0) is 13.8 Å². The smallest absolute Gasteiger partial charge is 0.165 e. The Balaban J connectivity index is 3.78. The molecule has 0 aliphatic heterocycles. The van der Waals surface area contributed by atoms with E-state index in [-0.39, 0.29) is 0 Å². The third kappa shape index (κ3) is 1.55. The summed E-state index contributed by atoms with van der Waals surface area (Å²) in [4.78, 5) is 0. The maximum Gasteiger partial charge on any atom is 0.165 e. The van der Waals surface area contributed by atoms with E-state index in [1.807, 2.05) is 12.1 Å². The summed E-state index contributed by atoms with van der Waals surface area (Å²) in [6, 6.07) is 4.05. The van der Waals surface area contributed by atoms with Crippen molar-refractivity contribution >= 4 is 0 Å². The molecule has 0 atom stereocenters. The lowest BCUT2D eigenvalue weighted by atomic mass is 9.97. The largest absolute Gasteiger partial charge is 0.493 e.